The van der Waals surface area contributed by atoms with Crippen LogP contribution in [0.4, 0.5) is 29.1 Å². The van der Waals surface area contributed by atoms with Crippen LogP contribution >= 0.6 is 11.8 Å². The highest BCUT2D eigenvalue weighted by molar-refractivity contribution is 8.00. The number of hydroxylamine groups is 2. The molecule has 2 heterocycles. The van der Waals surface area contributed by atoms with Crippen LogP contribution in [0.3, 0.4) is 0 Å². The number of aromatic nitrogens is 1. The van der Waals surface area contributed by atoms with Crippen LogP contribution in [0, 0.1) is 5.82 Å². The van der Waals surface area contributed by atoms with E-state index in [1.165, 1.54) is 13.1 Å². The average molecular weight is 447 g/mol. The zero-order valence-electron chi connectivity index (χ0n) is 15.6. The summed E-state index contributed by atoms with van der Waals surface area (Å²) in [6.45, 7) is -0.249. The van der Waals surface area contributed by atoms with Crippen LogP contribution in [0.25, 0.3) is 0 Å². The minimum Gasteiger partial charge on any atom is -0.394 e. The molecule has 12 heteroatoms. The molecule has 1 amide bonds. The van der Waals surface area contributed by atoms with E-state index >= 15 is 0 Å². The first kappa shape index (κ1) is 22.1. The van der Waals surface area contributed by atoms with E-state index in [1.807, 2.05) is 0 Å². The first-order chi connectivity index (χ1) is 14.1. The van der Waals surface area contributed by atoms with Gasteiger partial charge in [-0.2, -0.15) is 13.2 Å². The minimum absolute atomic E-state index is 0.0186. The Labute approximate surface area is 172 Å². The summed E-state index contributed by atoms with van der Waals surface area (Å²) >= 11 is -0.454. The lowest BCUT2D eigenvalue weighted by Crippen LogP contribution is -2.40. The molecular formula is C18H17F4N3O4S. The Bertz CT molecular complexity index is 1030. The number of nitrogens with zero attached hydrogens (tertiary/aromatic N) is 2. The van der Waals surface area contributed by atoms with Gasteiger partial charge in [-0.1, -0.05) is 0 Å². The van der Waals surface area contributed by atoms with Crippen molar-refractivity contribution < 1.29 is 32.3 Å². The highest BCUT2D eigenvalue weighted by Crippen LogP contribution is 2.38. The summed E-state index contributed by atoms with van der Waals surface area (Å²) in [4.78, 5) is 30.0. The fourth-order valence-corrected chi connectivity index (χ4v) is 3.54. The van der Waals surface area contributed by atoms with Gasteiger partial charge in [-0.25, -0.2) is 9.45 Å². The highest BCUT2D eigenvalue weighted by atomic mass is 32.2. The number of aliphatic hydroxyl groups is 1. The highest BCUT2D eigenvalue weighted by Gasteiger charge is 2.31. The minimum atomic E-state index is -4.56. The molecule has 0 saturated heterocycles. The predicted molar refractivity (Wildman–Crippen MR) is 101 cm³/mol. The van der Waals surface area contributed by atoms with E-state index in [1.54, 1.807) is 0 Å². The number of thioether (sulfide) groups is 1. The van der Waals surface area contributed by atoms with Crippen LogP contribution in [-0.2, 0) is 18.3 Å². The van der Waals surface area contributed by atoms with Crippen LogP contribution in [-0.4, -0.2) is 45.9 Å². The van der Waals surface area contributed by atoms with Crippen LogP contribution in [0.5, 0.6) is 0 Å². The lowest BCUT2D eigenvalue weighted by atomic mass is 10.0. The molecule has 0 bridgehead atoms. The summed E-state index contributed by atoms with van der Waals surface area (Å²) in [6, 6.07) is 4.18. The van der Waals surface area contributed by atoms with Gasteiger partial charge in [0.2, 0.25) is 0 Å². The molecule has 0 atom stereocenters. The van der Waals surface area contributed by atoms with Gasteiger partial charge < -0.3 is 10.4 Å². The normalized spacial score (nSPS) is 14.1. The molecule has 1 aliphatic rings. The van der Waals surface area contributed by atoms with E-state index in [-0.39, 0.29) is 41.7 Å². The Balaban J connectivity index is 1.98. The van der Waals surface area contributed by atoms with Crippen molar-refractivity contribution in [2.24, 2.45) is 7.05 Å². The van der Waals surface area contributed by atoms with E-state index in [9.17, 15) is 27.2 Å². The first-order valence-corrected chi connectivity index (χ1v) is 9.53. The lowest BCUT2D eigenvalue weighted by molar-refractivity contribution is -0.132. The van der Waals surface area contributed by atoms with E-state index in [0.29, 0.717) is 18.1 Å². The van der Waals surface area contributed by atoms with Gasteiger partial charge in [-0.15, -0.1) is 0 Å². The third-order valence-corrected chi connectivity index (χ3v) is 5.03. The molecule has 162 valence electrons. The number of alkyl halides is 3. The number of nitrogens with one attached hydrogen (secondary N) is 1. The third-order valence-electron chi connectivity index (χ3n) is 4.31. The molecule has 0 spiro atoms. The SMILES string of the molecule is Cn1c(Nc2ccc(SC(F)(F)F)cc2F)c2c(cc1=O)CCN(OCCO)C2=O. The number of carbonyl (C=O) groups excluding carboxylic acids is 1. The van der Waals surface area contributed by atoms with Crippen molar-refractivity contribution in [2.75, 3.05) is 25.1 Å². The van der Waals surface area contributed by atoms with Gasteiger partial charge in [-0.3, -0.25) is 19.0 Å². The van der Waals surface area contributed by atoms with Crippen molar-refractivity contribution in [3.63, 3.8) is 0 Å². The molecule has 2 N–H and O–H groups in total. The maximum absolute atomic E-state index is 14.4. The number of pyridine rings is 1. The van der Waals surface area contributed by atoms with Crippen LogP contribution in [0.15, 0.2) is 34.0 Å². The number of amides is 1. The van der Waals surface area contributed by atoms with Gasteiger partial charge in [0.25, 0.3) is 11.5 Å². The number of carbonyl (C=O) groups is 1. The van der Waals surface area contributed by atoms with Crippen molar-refractivity contribution in [3.05, 3.63) is 51.6 Å². The van der Waals surface area contributed by atoms with E-state index in [4.69, 9.17) is 9.94 Å². The monoisotopic (exact) mass is 447 g/mol. The zero-order chi connectivity index (χ0) is 22.1. The molecule has 1 aromatic carbocycles. The topological polar surface area (TPSA) is 83.8 Å². The number of hydrogen-bond acceptors (Lipinski definition) is 6. The van der Waals surface area contributed by atoms with Crippen LogP contribution < -0.4 is 10.9 Å². The molecule has 30 heavy (non-hydrogen) atoms. The second-order valence-corrected chi connectivity index (χ2v) is 7.46. The second-order valence-electron chi connectivity index (χ2n) is 6.32. The summed E-state index contributed by atoms with van der Waals surface area (Å²) in [5, 5.41) is 12.6. The van der Waals surface area contributed by atoms with Gasteiger partial charge in [0, 0.05) is 18.0 Å². The standard InChI is InChI=1S/C18H17F4N3O4S/c1-24-14(27)8-10-4-5-25(29-7-6-26)17(28)15(10)16(24)23-13-3-2-11(9-12(13)19)30-18(20,21)22/h2-3,8-9,23,26H,4-7H2,1H3. The van der Waals surface area contributed by atoms with Gasteiger partial charge in [0.15, 0.2) is 0 Å². The molecule has 3 rings (SSSR count). The summed E-state index contributed by atoms with van der Waals surface area (Å²) in [5.74, 6) is -1.59. The van der Waals surface area contributed by atoms with E-state index in [2.05, 4.69) is 5.32 Å². The average Bonchev–Trinajstić information content (AvgIpc) is 2.65. The fraction of sp³-hybridized carbons (Fsp3) is 0.333. The molecule has 1 aliphatic heterocycles. The van der Waals surface area contributed by atoms with E-state index in [0.717, 1.165) is 21.8 Å². The molecule has 0 saturated carbocycles. The molecule has 0 fully saturated rings. The Kier molecular flexibility index (Phi) is 6.38. The number of hydrogen-bond donors (Lipinski definition) is 2. The number of fused-ring (bicyclic) bond motifs is 1. The summed E-state index contributed by atoms with van der Waals surface area (Å²) < 4.78 is 53.0. The zero-order valence-corrected chi connectivity index (χ0v) is 16.4. The Morgan fingerprint density at radius 1 is 1.27 bits per heavy atom. The largest absolute Gasteiger partial charge is 0.446 e. The summed E-state index contributed by atoms with van der Waals surface area (Å²) in [6.07, 6.45) is 0.293. The summed E-state index contributed by atoms with van der Waals surface area (Å²) in [7, 11) is 1.37. The van der Waals surface area contributed by atoms with Crippen molar-refractivity contribution in [2.45, 2.75) is 16.8 Å². The van der Waals surface area contributed by atoms with Crippen molar-refractivity contribution in [1.82, 2.24) is 9.63 Å². The third kappa shape index (κ3) is 4.77. The molecule has 1 aromatic heterocycles. The van der Waals surface area contributed by atoms with Crippen molar-refractivity contribution in [3.8, 4) is 0 Å². The predicted octanol–water partition coefficient (Wildman–Crippen LogP) is 2.80. The second kappa shape index (κ2) is 8.66. The van der Waals surface area contributed by atoms with Gasteiger partial charge in [-0.05, 0) is 41.9 Å². The number of halogens is 4. The van der Waals surface area contributed by atoms with Crippen molar-refractivity contribution >= 4 is 29.2 Å². The molecule has 0 unspecified atom stereocenters. The molecular weight excluding hydrogens is 430 g/mol. The Morgan fingerprint density at radius 2 is 2.00 bits per heavy atom. The molecule has 2 aromatic rings. The first-order valence-electron chi connectivity index (χ1n) is 8.71. The van der Waals surface area contributed by atoms with Gasteiger partial charge in [0.1, 0.15) is 11.6 Å². The fourth-order valence-electron chi connectivity index (χ4n) is 2.97. The number of aliphatic hydroxyl groups excluding tert-OH is 1. The number of rotatable bonds is 6. The lowest BCUT2D eigenvalue weighted by Gasteiger charge is -2.29. The van der Waals surface area contributed by atoms with Crippen LogP contribution in [0.1, 0.15) is 15.9 Å². The number of benzene rings is 1. The van der Waals surface area contributed by atoms with Crippen molar-refractivity contribution in [1.29, 1.82) is 0 Å². The Hall–Kier alpha value is -2.57. The number of anilines is 2. The molecule has 7 nitrogen and oxygen atoms in total. The smallest absolute Gasteiger partial charge is 0.394 e. The Morgan fingerprint density at radius 3 is 2.63 bits per heavy atom. The van der Waals surface area contributed by atoms with Crippen LogP contribution in [0.2, 0.25) is 0 Å². The van der Waals surface area contributed by atoms with Gasteiger partial charge >= 0.3 is 5.51 Å². The van der Waals surface area contributed by atoms with E-state index < -0.39 is 34.6 Å². The van der Waals surface area contributed by atoms with Gasteiger partial charge in [0.05, 0.1) is 31.0 Å². The summed E-state index contributed by atoms with van der Waals surface area (Å²) in [5.41, 5.74) is -4.70. The quantitative estimate of drug-likeness (QED) is 0.524. The maximum atomic E-state index is 14.4. The molecule has 0 radical (unpaired) electrons. The maximum Gasteiger partial charge on any atom is 0.446 e. The molecule has 0 aliphatic carbocycles.